The predicted molar refractivity (Wildman–Crippen MR) is 93.8 cm³/mol. The second-order valence-electron chi connectivity index (χ2n) is 6.27. The van der Waals surface area contributed by atoms with E-state index in [0.717, 1.165) is 12.8 Å². The molecule has 26 heavy (non-hydrogen) atoms. The zero-order valence-electron chi connectivity index (χ0n) is 15.1. The van der Waals surface area contributed by atoms with Gasteiger partial charge in [-0.2, -0.15) is 0 Å². The minimum atomic E-state index is -1.21. The lowest BCUT2D eigenvalue weighted by Gasteiger charge is -2.26. The van der Waals surface area contributed by atoms with E-state index in [4.69, 9.17) is 18.6 Å². The number of hydrogen-bond donors (Lipinski definition) is 2. The molecule has 1 aliphatic carbocycles. The molecule has 0 spiro atoms. The monoisotopic (exact) mass is 361 g/mol. The predicted octanol–water partition coefficient (Wildman–Crippen LogP) is 2.33. The molecule has 140 valence electrons. The van der Waals surface area contributed by atoms with E-state index in [1.165, 1.54) is 27.6 Å². The molecule has 0 aliphatic heterocycles. The van der Waals surface area contributed by atoms with Gasteiger partial charge in [0, 0.05) is 5.56 Å². The van der Waals surface area contributed by atoms with Crippen molar-refractivity contribution in [3.8, 4) is 17.2 Å². The maximum atomic E-state index is 12.6. The summed E-state index contributed by atoms with van der Waals surface area (Å²) in [6, 6.07) is 6.59. The van der Waals surface area contributed by atoms with Gasteiger partial charge in [0.25, 0.3) is 5.91 Å². The van der Waals surface area contributed by atoms with Gasteiger partial charge in [0.15, 0.2) is 11.5 Å². The molecular formula is C19H23NO6. The number of aliphatic hydroxyl groups is 1. The number of ether oxygens (including phenoxy) is 3. The minimum absolute atomic E-state index is 0.0562. The Labute approximate surface area is 151 Å². The number of methoxy groups -OCH3 is 3. The van der Waals surface area contributed by atoms with Gasteiger partial charge in [-0.15, -0.1) is 0 Å². The Kier molecular flexibility index (Phi) is 5.08. The molecule has 2 aromatic rings. The Morgan fingerprint density at radius 3 is 2.35 bits per heavy atom. The third kappa shape index (κ3) is 3.35. The van der Waals surface area contributed by atoms with Crippen molar-refractivity contribution in [1.29, 1.82) is 0 Å². The van der Waals surface area contributed by atoms with E-state index in [0.29, 0.717) is 28.6 Å². The SMILES string of the molecule is COc1cc(C(=O)NCC(O)(c2ccco2)C2CC2)cc(OC)c1OC. The first-order valence-electron chi connectivity index (χ1n) is 8.38. The average Bonchev–Trinajstić information content (AvgIpc) is 3.39. The first kappa shape index (κ1) is 18.1. The lowest BCUT2D eigenvalue weighted by Crippen LogP contribution is -2.42. The van der Waals surface area contributed by atoms with Crippen LogP contribution in [0.25, 0.3) is 0 Å². The maximum absolute atomic E-state index is 12.6. The number of nitrogens with one attached hydrogen (secondary N) is 1. The van der Waals surface area contributed by atoms with E-state index in [1.54, 1.807) is 24.3 Å². The van der Waals surface area contributed by atoms with Crippen LogP contribution in [-0.4, -0.2) is 38.9 Å². The van der Waals surface area contributed by atoms with Gasteiger partial charge in [-0.25, -0.2) is 0 Å². The van der Waals surface area contributed by atoms with Crippen LogP contribution in [0, 0.1) is 5.92 Å². The molecule has 0 bridgehead atoms. The molecular weight excluding hydrogens is 338 g/mol. The molecule has 1 heterocycles. The van der Waals surface area contributed by atoms with Crippen molar-refractivity contribution < 1.29 is 28.5 Å². The second-order valence-corrected chi connectivity index (χ2v) is 6.27. The topological polar surface area (TPSA) is 90.2 Å². The van der Waals surface area contributed by atoms with Crippen LogP contribution in [0.1, 0.15) is 29.0 Å². The highest BCUT2D eigenvalue weighted by Crippen LogP contribution is 2.45. The van der Waals surface area contributed by atoms with Gasteiger partial charge in [-0.1, -0.05) is 0 Å². The molecule has 1 aromatic carbocycles. The molecule has 1 aliphatic rings. The Morgan fingerprint density at radius 2 is 1.88 bits per heavy atom. The zero-order chi connectivity index (χ0) is 18.7. The molecule has 3 rings (SSSR count). The number of carbonyl (C=O) groups is 1. The first-order valence-corrected chi connectivity index (χ1v) is 8.38. The van der Waals surface area contributed by atoms with E-state index >= 15 is 0 Å². The smallest absolute Gasteiger partial charge is 0.251 e. The minimum Gasteiger partial charge on any atom is -0.493 e. The van der Waals surface area contributed by atoms with Crippen molar-refractivity contribution in [1.82, 2.24) is 5.32 Å². The van der Waals surface area contributed by atoms with E-state index < -0.39 is 5.60 Å². The Hall–Kier alpha value is -2.67. The third-order valence-corrected chi connectivity index (χ3v) is 4.65. The lowest BCUT2D eigenvalue weighted by atomic mass is 9.94. The van der Waals surface area contributed by atoms with Gasteiger partial charge >= 0.3 is 0 Å². The van der Waals surface area contributed by atoms with Gasteiger partial charge in [0.2, 0.25) is 5.75 Å². The molecule has 0 radical (unpaired) electrons. The normalized spacial score (nSPS) is 15.8. The van der Waals surface area contributed by atoms with Crippen LogP contribution in [0.4, 0.5) is 0 Å². The molecule has 0 saturated heterocycles. The largest absolute Gasteiger partial charge is 0.493 e. The number of benzene rings is 1. The van der Waals surface area contributed by atoms with Crippen molar-refractivity contribution in [3.63, 3.8) is 0 Å². The summed E-state index contributed by atoms with van der Waals surface area (Å²) in [6.07, 6.45) is 3.32. The van der Waals surface area contributed by atoms with Crippen LogP contribution in [0.5, 0.6) is 17.2 Å². The number of hydrogen-bond acceptors (Lipinski definition) is 6. The summed E-state index contributed by atoms with van der Waals surface area (Å²) < 4.78 is 21.2. The van der Waals surface area contributed by atoms with E-state index in [2.05, 4.69) is 5.32 Å². The lowest BCUT2D eigenvalue weighted by molar-refractivity contribution is -0.00611. The van der Waals surface area contributed by atoms with Gasteiger partial charge in [0.1, 0.15) is 11.4 Å². The summed E-state index contributed by atoms with van der Waals surface area (Å²) in [5.74, 6) is 1.38. The van der Waals surface area contributed by atoms with Gasteiger partial charge in [-0.05, 0) is 43.0 Å². The molecule has 7 heteroatoms. The summed E-state index contributed by atoms with van der Waals surface area (Å²) >= 11 is 0. The number of amides is 1. The molecule has 1 aromatic heterocycles. The van der Waals surface area contributed by atoms with Crippen molar-refractivity contribution in [3.05, 3.63) is 41.9 Å². The van der Waals surface area contributed by atoms with Crippen molar-refractivity contribution in [2.45, 2.75) is 18.4 Å². The molecule has 7 nitrogen and oxygen atoms in total. The number of carbonyl (C=O) groups excluding carboxylic acids is 1. The van der Waals surface area contributed by atoms with Crippen molar-refractivity contribution in [2.24, 2.45) is 5.92 Å². The van der Waals surface area contributed by atoms with Crippen LogP contribution in [-0.2, 0) is 5.60 Å². The fraction of sp³-hybridized carbons (Fsp3) is 0.421. The molecule has 1 saturated carbocycles. The Balaban J connectivity index is 1.79. The van der Waals surface area contributed by atoms with E-state index in [1.807, 2.05) is 0 Å². The highest BCUT2D eigenvalue weighted by Gasteiger charge is 2.47. The molecule has 1 fully saturated rings. The summed E-state index contributed by atoms with van der Waals surface area (Å²) in [6.45, 7) is 0.0562. The standard InChI is InChI=1S/C19H23NO6/c1-23-14-9-12(10-15(24-2)17(14)25-3)18(21)20-11-19(22,13-6-7-13)16-5-4-8-26-16/h4-5,8-10,13,22H,6-7,11H2,1-3H3,(H,20,21). The molecule has 1 unspecified atom stereocenters. The molecule has 2 N–H and O–H groups in total. The zero-order valence-corrected chi connectivity index (χ0v) is 15.1. The Bertz CT molecular complexity index is 743. The van der Waals surface area contributed by atoms with E-state index in [-0.39, 0.29) is 18.4 Å². The van der Waals surface area contributed by atoms with Crippen molar-refractivity contribution >= 4 is 5.91 Å². The highest BCUT2D eigenvalue weighted by molar-refractivity contribution is 5.95. The van der Waals surface area contributed by atoms with Crippen LogP contribution in [0.2, 0.25) is 0 Å². The van der Waals surface area contributed by atoms with Crippen LogP contribution < -0.4 is 19.5 Å². The summed E-state index contributed by atoms with van der Waals surface area (Å²) in [5.41, 5.74) is -0.864. The average molecular weight is 361 g/mol. The van der Waals surface area contributed by atoms with Crippen LogP contribution in [0.15, 0.2) is 34.9 Å². The summed E-state index contributed by atoms with van der Waals surface area (Å²) in [4.78, 5) is 12.6. The molecule has 1 atom stereocenters. The van der Waals surface area contributed by atoms with Gasteiger partial charge < -0.3 is 29.1 Å². The van der Waals surface area contributed by atoms with Crippen molar-refractivity contribution in [2.75, 3.05) is 27.9 Å². The third-order valence-electron chi connectivity index (χ3n) is 4.65. The summed E-state index contributed by atoms with van der Waals surface area (Å²) in [7, 11) is 4.47. The first-order chi connectivity index (χ1) is 12.5. The number of furan rings is 1. The van der Waals surface area contributed by atoms with Gasteiger partial charge in [-0.3, -0.25) is 4.79 Å². The fourth-order valence-electron chi connectivity index (χ4n) is 3.05. The summed E-state index contributed by atoms with van der Waals surface area (Å²) in [5, 5.41) is 13.8. The van der Waals surface area contributed by atoms with Crippen LogP contribution in [0.3, 0.4) is 0 Å². The van der Waals surface area contributed by atoms with E-state index in [9.17, 15) is 9.90 Å². The number of rotatable bonds is 8. The van der Waals surface area contributed by atoms with Gasteiger partial charge in [0.05, 0.1) is 34.1 Å². The highest BCUT2D eigenvalue weighted by atomic mass is 16.5. The maximum Gasteiger partial charge on any atom is 0.251 e. The quantitative estimate of drug-likeness (QED) is 0.750. The Morgan fingerprint density at radius 1 is 1.23 bits per heavy atom. The fourth-order valence-corrected chi connectivity index (χ4v) is 3.05. The van der Waals surface area contributed by atoms with Crippen LogP contribution >= 0.6 is 0 Å². The molecule has 1 amide bonds. The second kappa shape index (κ2) is 7.29.